The lowest BCUT2D eigenvalue weighted by molar-refractivity contribution is 0.0681. The summed E-state index contributed by atoms with van der Waals surface area (Å²) >= 11 is 0. The first-order chi connectivity index (χ1) is 8.50. The number of hydrogen-bond donors (Lipinski definition) is 2. The minimum Gasteiger partial charge on any atom is -0.478 e. The molecule has 0 unspecified atom stereocenters. The Hall–Kier alpha value is -2.57. The Kier molecular flexibility index (Phi) is 4.67. The largest absolute Gasteiger partial charge is 0.508 e. The fourth-order valence-corrected chi connectivity index (χ4v) is 1.05. The van der Waals surface area contributed by atoms with E-state index in [1.807, 2.05) is 0 Å². The predicted octanol–water partition coefficient (Wildman–Crippen LogP) is 1.24. The number of carboxylic acid groups (broad SMARTS) is 2. The van der Waals surface area contributed by atoms with Crippen LogP contribution in [0.2, 0.25) is 0 Å². The molecule has 1 fully saturated rings. The number of benzene rings is 1. The SMILES string of the molecule is O=C(O)c1ccc(C(=O)O)cc1.O=C1OCCO1. The molecule has 0 aromatic heterocycles. The van der Waals surface area contributed by atoms with Crippen molar-refractivity contribution in [2.24, 2.45) is 0 Å². The van der Waals surface area contributed by atoms with Crippen LogP contribution in [-0.4, -0.2) is 41.5 Å². The topological polar surface area (TPSA) is 110 Å². The number of carbonyl (C=O) groups excluding carboxylic acids is 1. The molecule has 0 aliphatic carbocycles. The molecule has 0 radical (unpaired) electrons. The molecule has 18 heavy (non-hydrogen) atoms. The molecule has 96 valence electrons. The van der Waals surface area contributed by atoms with Gasteiger partial charge in [0.15, 0.2) is 0 Å². The summed E-state index contributed by atoms with van der Waals surface area (Å²) in [6.07, 6.45) is -0.546. The smallest absolute Gasteiger partial charge is 0.478 e. The predicted molar refractivity (Wildman–Crippen MR) is 57.7 cm³/mol. The Morgan fingerprint density at radius 1 is 0.889 bits per heavy atom. The van der Waals surface area contributed by atoms with Gasteiger partial charge in [0.1, 0.15) is 13.2 Å². The number of rotatable bonds is 2. The summed E-state index contributed by atoms with van der Waals surface area (Å²) in [6.45, 7) is 0.831. The Morgan fingerprint density at radius 2 is 1.22 bits per heavy atom. The van der Waals surface area contributed by atoms with Crippen molar-refractivity contribution in [3.05, 3.63) is 35.4 Å². The Morgan fingerprint density at radius 3 is 1.39 bits per heavy atom. The van der Waals surface area contributed by atoms with Crippen molar-refractivity contribution in [2.75, 3.05) is 13.2 Å². The van der Waals surface area contributed by atoms with E-state index >= 15 is 0 Å². The Balaban J connectivity index is 0.000000225. The molecule has 0 bridgehead atoms. The van der Waals surface area contributed by atoms with Crippen LogP contribution in [0.3, 0.4) is 0 Å². The lowest BCUT2D eigenvalue weighted by Crippen LogP contribution is -1.99. The van der Waals surface area contributed by atoms with E-state index in [4.69, 9.17) is 10.2 Å². The maximum atomic E-state index is 10.3. The number of aromatic carboxylic acids is 2. The van der Waals surface area contributed by atoms with Crippen LogP contribution in [0.1, 0.15) is 20.7 Å². The summed E-state index contributed by atoms with van der Waals surface area (Å²) in [4.78, 5) is 30.5. The number of hydrogen-bond acceptors (Lipinski definition) is 5. The zero-order valence-corrected chi connectivity index (χ0v) is 9.16. The minimum absolute atomic E-state index is 0.0833. The van der Waals surface area contributed by atoms with Crippen LogP contribution in [0.15, 0.2) is 24.3 Å². The minimum atomic E-state index is -1.06. The third kappa shape index (κ3) is 4.12. The highest BCUT2D eigenvalue weighted by Crippen LogP contribution is 2.03. The molecule has 0 saturated carbocycles. The van der Waals surface area contributed by atoms with Crippen LogP contribution >= 0.6 is 0 Å². The van der Waals surface area contributed by atoms with Crippen LogP contribution in [-0.2, 0) is 9.47 Å². The molecule has 0 amide bonds. The fraction of sp³-hybridized carbons (Fsp3) is 0.182. The van der Waals surface area contributed by atoms with Crippen molar-refractivity contribution in [2.45, 2.75) is 0 Å². The normalized spacial score (nSPS) is 12.8. The Labute approximate surface area is 102 Å². The number of carbonyl (C=O) groups is 3. The van der Waals surface area contributed by atoms with Gasteiger partial charge in [0.25, 0.3) is 0 Å². The molecular formula is C11H10O7. The van der Waals surface area contributed by atoms with Crippen molar-refractivity contribution in [3.8, 4) is 0 Å². The number of cyclic esters (lactones) is 2. The van der Waals surface area contributed by atoms with Gasteiger partial charge in [0, 0.05) is 0 Å². The molecule has 7 heteroatoms. The lowest BCUT2D eigenvalue weighted by Gasteiger charge is -1.94. The van der Waals surface area contributed by atoms with Gasteiger partial charge < -0.3 is 19.7 Å². The van der Waals surface area contributed by atoms with E-state index in [0.29, 0.717) is 13.2 Å². The van der Waals surface area contributed by atoms with Gasteiger partial charge in [-0.15, -0.1) is 0 Å². The molecule has 0 spiro atoms. The van der Waals surface area contributed by atoms with Crippen molar-refractivity contribution < 1.29 is 34.1 Å². The van der Waals surface area contributed by atoms with Gasteiger partial charge in [-0.3, -0.25) is 0 Å². The van der Waals surface area contributed by atoms with Crippen molar-refractivity contribution in [1.29, 1.82) is 0 Å². The average molecular weight is 254 g/mol. The quantitative estimate of drug-likeness (QED) is 0.763. The lowest BCUT2D eigenvalue weighted by atomic mass is 10.1. The van der Waals surface area contributed by atoms with Crippen molar-refractivity contribution in [1.82, 2.24) is 0 Å². The van der Waals surface area contributed by atoms with Crippen LogP contribution in [0.5, 0.6) is 0 Å². The van der Waals surface area contributed by atoms with E-state index < -0.39 is 18.1 Å². The van der Waals surface area contributed by atoms with Gasteiger partial charge in [-0.2, -0.15) is 0 Å². The van der Waals surface area contributed by atoms with Crippen LogP contribution in [0.4, 0.5) is 4.79 Å². The second kappa shape index (κ2) is 6.24. The van der Waals surface area contributed by atoms with E-state index in [2.05, 4.69) is 9.47 Å². The summed E-state index contributed by atoms with van der Waals surface area (Å²) in [6, 6.07) is 5.02. The van der Waals surface area contributed by atoms with Gasteiger partial charge in [-0.05, 0) is 24.3 Å². The molecule has 1 aromatic rings. The van der Waals surface area contributed by atoms with E-state index in [1.54, 1.807) is 0 Å². The highest BCUT2D eigenvalue weighted by Gasteiger charge is 2.09. The molecular weight excluding hydrogens is 244 g/mol. The van der Waals surface area contributed by atoms with Gasteiger partial charge in [-0.25, -0.2) is 14.4 Å². The molecule has 0 atom stereocenters. The van der Waals surface area contributed by atoms with Gasteiger partial charge in [0.05, 0.1) is 11.1 Å². The van der Waals surface area contributed by atoms with E-state index in [9.17, 15) is 14.4 Å². The summed E-state index contributed by atoms with van der Waals surface area (Å²) in [5, 5.41) is 16.9. The van der Waals surface area contributed by atoms with E-state index in [1.165, 1.54) is 24.3 Å². The second-order valence-corrected chi connectivity index (χ2v) is 3.13. The molecule has 1 aliphatic heterocycles. The summed E-state index contributed by atoms with van der Waals surface area (Å²) in [7, 11) is 0. The zero-order valence-electron chi connectivity index (χ0n) is 9.16. The number of ether oxygens (including phenoxy) is 2. The third-order valence-electron chi connectivity index (χ3n) is 1.90. The molecule has 1 heterocycles. The molecule has 1 aromatic carbocycles. The highest BCUT2D eigenvalue weighted by molar-refractivity contribution is 5.91. The van der Waals surface area contributed by atoms with Crippen LogP contribution < -0.4 is 0 Å². The summed E-state index contributed by atoms with van der Waals surface area (Å²) in [5.74, 6) is -2.13. The molecule has 2 rings (SSSR count). The maximum Gasteiger partial charge on any atom is 0.508 e. The summed E-state index contributed by atoms with van der Waals surface area (Å²) < 4.78 is 8.58. The van der Waals surface area contributed by atoms with Crippen molar-refractivity contribution in [3.63, 3.8) is 0 Å². The molecule has 2 N–H and O–H groups in total. The van der Waals surface area contributed by atoms with Crippen LogP contribution in [0, 0.1) is 0 Å². The first-order valence-electron chi connectivity index (χ1n) is 4.87. The monoisotopic (exact) mass is 254 g/mol. The summed E-state index contributed by atoms with van der Waals surface area (Å²) in [5.41, 5.74) is 0.167. The van der Waals surface area contributed by atoms with Gasteiger partial charge in [0.2, 0.25) is 0 Å². The molecule has 1 saturated heterocycles. The van der Waals surface area contributed by atoms with E-state index in [-0.39, 0.29) is 11.1 Å². The standard InChI is InChI=1S/C8H6O4.C3H4O3/c9-7(10)5-1-2-6(4-3-5)8(11)12;4-3-5-1-2-6-3/h1-4H,(H,9,10)(H,11,12);1-2H2. The fourth-order valence-electron chi connectivity index (χ4n) is 1.05. The first kappa shape index (κ1) is 13.5. The second-order valence-electron chi connectivity index (χ2n) is 3.13. The zero-order chi connectivity index (χ0) is 13.5. The maximum absolute atomic E-state index is 10.3. The van der Waals surface area contributed by atoms with Gasteiger partial charge in [-0.1, -0.05) is 0 Å². The van der Waals surface area contributed by atoms with Crippen LogP contribution in [0.25, 0.3) is 0 Å². The average Bonchev–Trinajstić information content (AvgIpc) is 2.81. The molecule has 7 nitrogen and oxygen atoms in total. The van der Waals surface area contributed by atoms with Crippen molar-refractivity contribution >= 4 is 18.1 Å². The Bertz CT molecular complexity index is 408. The number of carboxylic acids is 2. The van der Waals surface area contributed by atoms with E-state index in [0.717, 1.165) is 0 Å². The van der Waals surface area contributed by atoms with Gasteiger partial charge >= 0.3 is 18.1 Å². The molecule has 1 aliphatic rings. The highest BCUT2D eigenvalue weighted by atomic mass is 16.8. The third-order valence-corrected chi connectivity index (χ3v) is 1.90. The first-order valence-corrected chi connectivity index (χ1v) is 4.87.